The Balaban J connectivity index is 1.38. The highest BCUT2D eigenvalue weighted by Gasteiger charge is 2.40. The summed E-state index contributed by atoms with van der Waals surface area (Å²) in [6, 6.07) is 8.85. The van der Waals surface area contributed by atoms with Crippen LogP contribution >= 0.6 is 0 Å². The van der Waals surface area contributed by atoms with Crippen LogP contribution in [-0.4, -0.2) is 35.5 Å². The number of fused-ring (bicyclic) bond motifs is 2. The minimum Gasteiger partial charge on any atom is -0.483 e. The number of allylic oxidation sites excluding steroid dienone is 1. The summed E-state index contributed by atoms with van der Waals surface area (Å²) in [6.45, 7) is 0.623. The van der Waals surface area contributed by atoms with Crippen molar-refractivity contribution in [2.45, 2.75) is 24.4 Å². The van der Waals surface area contributed by atoms with Gasteiger partial charge < -0.3 is 9.64 Å². The van der Waals surface area contributed by atoms with E-state index in [2.05, 4.69) is 17.1 Å². The monoisotopic (exact) mass is 388 g/mol. The molecule has 1 saturated heterocycles. The Hall–Kier alpha value is -2.83. The van der Waals surface area contributed by atoms with E-state index in [9.17, 15) is 18.0 Å². The van der Waals surface area contributed by atoms with Crippen molar-refractivity contribution in [1.29, 1.82) is 0 Å². The van der Waals surface area contributed by atoms with Gasteiger partial charge in [0.2, 0.25) is 0 Å². The maximum atomic E-state index is 13.0. The fourth-order valence-electron chi connectivity index (χ4n) is 3.91. The molecule has 0 N–H and O–H groups in total. The normalized spacial score (nSPS) is 17.6. The zero-order valence-corrected chi connectivity index (χ0v) is 15.1. The maximum absolute atomic E-state index is 13.0. The highest BCUT2D eigenvalue weighted by atomic mass is 19.4. The predicted molar refractivity (Wildman–Crippen MR) is 97.7 cm³/mol. The second kappa shape index (κ2) is 6.96. The van der Waals surface area contributed by atoms with Crippen LogP contribution in [0.3, 0.4) is 0 Å². The SMILES string of the molecule is O=C(COc1ccccc1C(F)(F)F)N1CCC2(C=Cc3cccnc32)CC1. The molecule has 28 heavy (non-hydrogen) atoms. The summed E-state index contributed by atoms with van der Waals surface area (Å²) < 4.78 is 44.3. The average Bonchev–Trinajstić information content (AvgIpc) is 3.05. The van der Waals surface area contributed by atoms with Crippen molar-refractivity contribution < 1.29 is 22.7 Å². The van der Waals surface area contributed by atoms with Crippen LogP contribution in [0.4, 0.5) is 13.2 Å². The molecule has 4 nitrogen and oxygen atoms in total. The minimum absolute atomic E-state index is 0.156. The summed E-state index contributed by atoms with van der Waals surface area (Å²) >= 11 is 0. The smallest absolute Gasteiger partial charge is 0.419 e. The number of likely N-dealkylation sites (tertiary alicyclic amines) is 1. The Morgan fingerprint density at radius 2 is 1.89 bits per heavy atom. The molecule has 1 aromatic carbocycles. The van der Waals surface area contributed by atoms with Crippen molar-refractivity contribution >= 4 is 12.0 Å². The third-order valence-electron chi connectivity index (χ3n) is 5.44. The van der Waals surface area contributed by atoms with Gasteiger partial charge >= 0.3 is 6.18 Å². The van der Waals surface area contributed by atoms with E-state index >= 15 is 0 Å². The number of carbonyl (C=O) groups excluding carboxylic acids is 1. The molecule has 0 radical (unpaired) electrons. The number of hydrogen-bond donors (Lipinski definition) is 0. The first kappa shape index (κ1) is 18.5. The van der Waals surface area contributed by atoms with E-state index in [4.69, 9.17) is 4.74 Å². The van der Waals surface area contributed by atoms with Gasteiger partial charge in [-0.1, -0.05) is 30.4 Å². The van der Waals surface area contributed by atoms with Gasteiger partial charge in [-0.2, -0.15) is 13.2 Å². The number of pyridine rings is 1. The molecule has 1 amide bonds. The van der Waals surface area contributed by atoms with Crippen LogP contribution in [0.15, 0.2) is 48.7 Å². The summed E-state index contributed by atoms with van der Waals surface area (Å²) in [5.74, 6) is -0.635. The molecular formula is C21H19F3N2O2. The summed E-state index contributed by atoms with van der Waals surface area (Å²) in [4.78, 5) is 18.6. The quantitative estimate of drug-likeness (QED) is 0.796. The molecule has 2 aromatic rings. The second-order valence-corrected chi connectivity index (χ2v) is 7.09. The Morgan fingerprint density at radius 3 is 2.64 bits per heavy atom. The van der Waals surface area contributed by atoms with Crippen molar-refractivity contribution in [2.24, 2.45) is 0 Å². The second-order valence-electron chi connectivity index (χ2n) is 7.09. The van der Waals surface area contributed by atoms with Gasteiger partial charge in [0.1, 0.15) is 5.75 Å². The van der Waals surface area contributed by atoms with Crippen molar-refractivity contribution in [3.05, 3.63) is 65.5 Å². The third kappa shape index (κ3) is 3.37. The summed E-state index contributed by atoms with van der Waals surface area (Å²) in [7, 11) is 0. The lowest BCUT2D eigenvalue weighted by atomic mass is 9.77. The van der Waals surface area contributed by atoms with Gasteiger partial charge in [-0.15, -0.1) is 0 Å². The lowest BCUT2D eigenvalue weighted by molar-refractivity contribution is -0.141. The summed E-state index contributed by atoms with van der Waals surface area (Å²) in [6.07, 6.45) is 2.94. The number of ether oxygens (including phenoxy) is 1. The molecule has 1 aliphatic carbocycles. The Labute approximate surface area is 160 Å². The van der Waals surface area contributed by atoms with Crippen LogP contribution in [0.1, 0.15) is 29.7 Å². The molecule has 1 aliphatic heterocycles. The van der Waals surface area contributed by atoms with Gasteiger partial charge in [-0.05, 0) is 36.6 Å². The Kier molecular flexibility index (Phi) is 4.61. The molecule has 0 atom stereocenters. The van der Waals surface area contributed by atoms with Crippen LogP contribution in [0.25, 0.3) is 6.08 Å². The van der Waals surface area contributed by atoms with Gasteiger partial charge in [0.15, 0.2) is 6.61 Å². The summed E-state index contributed by atoms with van der Waals surface area (Å²) in [5, 5.41) is 0. The van der Waals surface area contributed by atoms with E-state index in [1.165, 1.54) is 18.2 Å². The fourth-order valence-corrected chi connectivity index (χ4v) is 3.91. The zero-order chi connectivity index (χ0) is 19.8. The topological polar surface area (TPSA) is 42.4 Å². The molecule has 0 bridgehead atoms. The molecule has 1 spiro atoms. The predicted octanol–water partition coefficient (Wildman–Crippen LogP) is 4.07. The van der Waals surface area contributed by atoms with Crippen LogP contribution in [0.5, 0.6) is 5.75 Å². The van der Waals surface area contributed by atoms with Crippen LogP contribution in [0, 0.1) is 0 Å². The van der Waals surface area contributed by atoms with Gasteiger partial charge in [-0.25, -0.2) is 0 Å². The number of piperidine rings is 1. The lowest BCUT2D eigenvalue weighted by Crippen LogP contribution is -2.45. The third-order valence-corrected chi connectivity index (χ3v) is 5.44. The van der Waals surface area contributed by atoms with Crippen molar-refractivity contribution in [2.75, 3.05) is 19.7 Å². The lowest BCUT2D eigenvalue weighted by Gasteiger charge is -2.38. The molecule has 7 heteroatoms. The molecule has 2 heterocycles. The van der Waals surface area contributed by atoms with Crippen LogP contribution in [0.2, 0.25) is 0 Å². The van der Waals surface area contributed by atoms with Gasteiger partial charge in [0.05, 0.1) is 11.3 Å². The number of benzene rings is 1. The number of hydrogen-bond acceptors (Lipinski definition) is 3. The first-order valence-corrected chi connectivity index (χ1v) is 9.11. The standard InChI is InChI=1S/C21H19F3N2O2/c22-21(23,24)16-5-1-2-6-17(16)28-14-18(27)26-12-9-20(10-13-26)8-7-15-4-3-11-25-19(15)20/h1-8,11H,9-10,12-14H2. The van der Waals surface area contributed by atoms with E-state index < -0.39 is 18.3 Å². The van der Waals surface area contributed by atoms with Crippen LogP contribution in [-0.2, 0) is 16.4 Å². The maximum Gasteiger partial charge on any atom is 0.419 e. The summed E-state index contributed by atoms with van der Waals surface area (Å²) in [5.41, 5.74) is 1.11. The molecule has 1 fully saturated rings. The number of aromatic nitrogens is 1. The van der Waals surface area contributed by atoms with E-state index in [1.807, 2.05) is 12.1 Å². The number of halogens is 3. The largest absolute Gasteiger partial charge is 0.483 e. The molecule has 2 aliphatic rings. The van der Waals surface area contributed by atoms with Crippen LogP contribution < -0.4 is 4.74 Å². The van der Waals surface area contributed by atoms with Gasteiger partial charge in [-0.3, -0.25) is 9.78 Å². The highest BCUT2D eigenvalue weighted by molar-refractivity contribution is 5.78. The number of rotatable bonds is 3. The van der Waals surface area contributed by atoms with E-state index in [1.54, 1.807) is 11.1 Å². The number of nitrogens with zero attached hydrogens (tertiary/aromatic N) is 2. The molecule has 4 rings (SSSR count). The van der Waals surface area contributed by atoms with Crippen molar-refractivity contribution in [1.82, 2.24) is 9.88 Å². The van der Waals surface area contributed by atoms with Gasteiger partial charge in [0.25, 0.3) is 5.91 Å². The molecule has 146 valence electrons. The number of para-hydroxylation sites is 1. The first-order valence-electron chi connectivity index (χ1n) is 9.11. The highest BCUT2D eigenvalue weighted by Crippen LogP contribution is 2.42. The number of amides is 1. The van der Waals surface area contributed by atoms with Crippen molar-refractivity contribution in [3.8, 4) is 5.75 Å². The van der Waals surface area contributed by atoms with Gasteiger partial charge in [0, 0.05) is 24.7 Å². The number of alkyl halides is 3. The molecular weight excluding hydrogens is 369 g/mol. The molecule has 1 aromatic heterocycles. The molecule has 0 saturated carbocycles. The van der Waals surface area contributed by atoms with E-state index in [0.717, 1.165) is 30.2 Å². The zero-order valence-electron chi connectivity index (χ0n) is 15.1. The average molecular weight is 388 g/mol. The fraction of sp³-hybridized carbons (Fsp3) is 0.333. The molecule has 0 unspecified atom stereocenters. The van der Waals surface area contributed by atoms with E-state index in [-0.39, 0.29) is 17.1 Å². The van der Waals surface area contributed by atoms with E-state index in [0.29, 0.717) is 13.1 Å². The Morgan fingerprint density at radius 1 is 1.14 bits per heavy atom. The minimum atomic E-state index is -4.52. The first-order chi connectivity index (χ1) is 13.4. The Bertz CT molecular complexity index is 916. The number of carbonyl (C=O) groups is 1. The van der Waals surface area contributed by atoms with Crippen molar-refractivity contribution in [3.63, 3.8) is 0 Å².